The van der Waals surface area contributed by atoms with Gasteiger partial charge in [-0.2, -0.15) is 0 Å². The topological polar surface area (TPSA) is 29.5 Å². The zero-order valence-corrected chi connectivity index (χ0v) is 10.5. The summed E-state index contributed by atoms with van der Waals surface area (Å²) in [5, 5.41) is 0. The average molecular weight is 233 g/mol. The van der Waals surface area contributed by atoms with Crippen molar-refractivity contribution in [2.75, 3.05) is 13.7 Å². The van der Waals surface area contributed by atoms with Crippen LogP contribution in [0.5, 0.6) is 5.75 Å². The van der Waals surface area contributed by atoms with Crippen molar-refractivity contribution in [2.45, 2.75) is 32.2 Å². The van der Waals surface area contributed by atoms with Crippen LogP contribution in [0.4, 0.5) is 0 Å². The molecule has 1 heterocycles. The number of benzene rings is 1. The van der Waals surface area contributed by atoms with E-state index >= 15 is 0 Å². The predicted octanol–water partition coefficient (Wildman–Crippen LogP) is 2.25. The van der Waals surface area contributed by atoms with E-state index in [9.17, 15) is 4.79 Å². The second kappa shape index (κ2) is 5.21. The molecule has 92 valence electrons. The number of carbonyl (C=O) groups excluding carboxylic acids is 1. The third-order valence-electron chi connectivity index (χ3n) is 3.41. The Kier molecular flexibility index (Phi) is 3.67. The van der Waals surface area contributed by atoms with Gasteiger partial charge in [-0.25, -0.2) is 0 Å². The van der Waals surface area contributed by atoms with Crippen LogP contribution >= 0.6 is 0 Å². The number of nitrogens with zero attached hydrogens (tertiary/aromatic N) is 1. The molecule has 2 rings (SSSR count). The van der Waals surface area contributed by atoms with Crippen molar-refractivity contribution in [3.8, 4) is 5.75 Å². The maximum absolute atomic E-state index is 12.2. The summed E-state index contributed by atoms with van der Waals surface area (Å²) in [6.45, 7) is 3.02. The molecule has 0 aliphatic carbocycles. The lowest BCUT2D eigenvalue weighted by atomic mass is 10.1. The molecule has 1 aliphatic heterocycles. The molecule has 0 aromatic heterocycles. The molecule has 0 N–H and O–H groups in total. The maximum Gasteiger partial charge on any atom is 0.227 e. The smallest absolute Gasteiger partial charge is 0.227 e. The molecule has 1 aliphatic rings. The summed E-state index contributed by atoms with van der Waals surface area (Å²) in [4.78, 5) is 14.1. The summed E-state index contributed by atoms with van der Waals surface area (Å²) in [5.74, 6) is 1.01. The van der Waals surface area contributed by atoms with Crippen molar-refractivity contribution in [1.82, 2.24) is 4.90 Å². The zero-order chi connectivity index (χ0) is 12.3. The molecule has 1 unspecified atom stereocenters. The number of para-hydroxylation sites is 1. The minimum absolute atomic E-state index is 0.208. The third-order valence-corrected chi connectivity index (χ3v) is 3.41. The summed E-state index contributed by atoms with van der Waals surface area (Å²) in [7, 11) is 1.64. The summed E-state index contributed by atoms with van der Waals surface area (Å²) < 4.78 is 5.26. The molecule has 1 saturated heterocycles. The number of rotatable bonds is 3. The fourth-order valence-electron chi connectivity index (χ4n) is 2.42. The molecule has 0 spiro atoms. The first-order valence-corrected chi connectivity index (χ1v) is 6.13. The van der Waals surface area contributed by atoms with Crippen molar-refractivity contribution in [1.29, 1.82) is 0 Å². The van der Waals surface area contributed by atoms with Crippen LogP contribution in [0.25, 0.3) is 0 Å². The van der Waals surface area contributed by atoms with Gasteiger partial charge in [0.1, 0.15) is 5.75 Å². The lowest BCUT2D eigenvalue weighted by molar-refractivity contribution is -0.131. The van der Waals surface area contributed by atoms with Crippen LogP contribution in [0, 0.1) is 0 Å². The van der Waals surface area contributed by atoms with Crippen LogP contribution in [0.2, 0.25) is 0 Å². The lowest BCUT2D eigenvalue weighted by Gasteiger charge is -2.21. The van der Waals surface area contributed by atoms with Crippen LogP contribution in [0.1, 0.15) is 25.3 Å². The second-order valence-electron chi connectivity index (χ2n) is 4.57. The molecule has 1 fully saturated rings. The number of amides is 1. The molecule has 1 aromatic carbocycles. The molecule has 1 amide bonds. The van der Waals surface area contributed by atoms with Gasteiger partial charge in [0, 0.05) is 18.2 Å². The molecular formula is C14H19NO2. The number of likely N-dealkylation sites (tertiary alicyclic amines) is 1. The fraction of sp³-hybridized carbons (Fsp3) is 0.500. The predicted molar refractivity (Wildman–Crippen MR) is 67.1 cm³/mol. The molecule has 1 atom stereocenters. The molecule has 0 bridgehead atoms. The third kappa shape index (κ3) is 2.60. The van der Waals surface area contributed by atoms with Crippen LogP contribution in [0.3, 0.4) is 0 Å². The van der Waals surface area contributed by atoms with Crippen molar-refractivity contribution in [3.63, 3.8) is 0 Å². The molecule has 1 aromatic rings. The minimum Gasteiger partial charge on any atom is -0.496 e. The first kappa shape index (κ1) is 12.0. The number of hydrogen-bond donors (Lipinski definition) is 0. The van der Waals surface area contributed by atoms with Crippen molar-refractivity contribution in [3.05, 3.63) is 29.8 Å². The van der Waals surface area contributed by atoms with Crippen LogP contribution < -0.4 is 4.74 Å². The van der Waals surface area contributed by atoms with Crippen molar-refractivity contribution >= 4 is 5.91 Å². The van der Waals surface area contributed by atoms with E-state index in [1.54, 1.807) is 7.11 Å². The lowest BCUT2D eigenvalue weighted by Crippen LogP contribution is -2.34. The number of carbonyl (C=O) groups is 1. The van der Waals surface area contributed by atoms with E-state index in [2.05, 4.69) is 6.92 Å². The molecule has 3 nitrogen and oxygen atoms in total. The Labute approximate surface area is 102 Å². The number of ether oxygens (including phenoxy) is 1. The van der Waals surface area contributed by atoms with E-state index < -0.39 is 0 Å². The molecule has 0 radical (unpaired) electrons. The number of hydrogen-bond acceptors (Lipinski definition) is 2. The summed E-state index contributed by atoms with van der Waals surface area (Å²) in [5.41, 5.74) is 0.971. The highest BCUT2D eigenvalue weighted by atomic mass is 16.5. The van der Waals surface area contributed by atoms with Gasteiger partial charge in [-0.3, -0.25) is 4.79 Å². The molecule has 17 heavy (non-hydrogen) atoms. The van der Waals surface area contributed by atoms with Gasteiger partial charge in [0.05, 0.1) is 13.5 Å². The first-order valence-electron chi connectivity index (χ1n) is 6.13. The maximum atomic E-state index is 12.2. The Morgan fingerprint density at radius 2 is 2.24 bits per heavy atom. The quantitative estimate of drug-likeness (QED) is 0.801. The highest BCUT2D eigenvalue weighted by Gasteiger charge is 2.25. The van der Waals surface area contributed by atoms with E-state index in [1.165, 1.54) is 0 Å². The highest BCUT2D eigenvalue weighted by Crippen LogP contribution is 2.22. The largest absolute Gasteiger partial charge is 0.496 e. The van der Waals surface area contributed by atoms with Crippen molar-refractivity contribution < 1.29 is 9.53 Å². The highest BCUT2D eigenvalue weighted by molar-refractivity contribution is 5.80. The molecule has 0 saturated carbocycles. The standard InChI is InChI=1S/C14H19NO2/c1-11-6-5-9-15(11)14(16)10-12-7-3-4-8-13(12)17-2/h3-4,7-8,11H,5-6,9-10H2,1-2H3. The Balaban J connectivity index is 2.07. The summed E-state index contributed by atoms with van der Waals surface area (Å²) >= 11 is 0. The van der Waals surface area contributed by atoms with Gasteiger partial charge in [0.25, 0.3) is 0 Å². The Hall–Kier alpha value is -1.51. The van der Waals surface area contributed by atoms with Gasteiger partial charge in [-0.1, -0.05) is 18.2 Å². The van der Waals surface area contributed by atoms with E-state index in [-0.39, 0.29) is 5.91 Å². The Morgan fingerprint density at radius 3 is 2.88 bits per heavy atom. The van der Waals surface area contributed by atoms with E-state index in [4.69, 9.17) is 4.74 Å². The molecule has 3 heteroatoms. The van der Waals surface area contributed by atoms with Gasteiger partial charge >= 0.3 is 0 Å². The van der Waals surface area contributed by atoms with E-state index in [0.717, 1.165) is 30.7 Å². The Morgan fingerprint density at radius 1 is 1.47 bits per heavy atom. The fourth-order valence-corrected chi connectivity index (χ4v) is 2.42. The van der Waals surface area contributed by atoms with Crippen LogP contribution in [-0.4, -0.2) is 30.5 Å². The van der Waals surface area contributed by atoms with Crippen LogP contribution in [0.15, 0.2) is 24.3 Å². The second-order valence-corrected chi connectivity index (χ2v) is 4.57. The molecular weight excluding hydrogens is 214 g/mol. The van der Waals surface area contributed by atoms with Gasteiger partial charge in [0.15, 0.2) is 0 Å². The summed E-state index contributed by atoms with van der Waals surface area (Å²) in [6.07, 6.45) is 2.69. The van der Waals surface area contributed by atoms with Gasteiger partial charge in [-0.15, -0.1) is 0 Å². The zero-order valence-electron chi connectivity index (χ0n) is 10.5. The normalized spacial score (nSPS) is 19.4. The monoisotopic (exact) mass is 233 g/mol. The number of methoxy groups -OCH3 is 1. The Bertz CT molecular complexity index is 403. The van der Waals surface area contributed by atoms with Crippen molar-refractivity contribution in [2.24, 2.45) is 0 Å². The van der Waals surface area contributed by atoms with Crippen LogP contribution in [-0.2, 0) is 11.2 Å². The van der Waals surface area contributed by atoms with Gasteiger partial charge in [0.2, 0.25) is 5.91 Å². The summed E-state index contributed by atoms with van der Waals surface area (Å²) in [6, 6.07) is 8.11. The average Bonchev–Trinajstić information content (AvgIpc) is 2.76. The van der Waals surface area contributed by atoms with Gasteiger partial charge < -0.3 is 9.64 Å². The first-order chi connectivity index (χ1) is 8.22. The minimum atomic E-state index is 0.208. The van der Waals surface area contributed by atoms with Gasteiger partial charge in [-0.05, 0) is 25.8 Å². The SMILES string of the molecule is COc1ccccc1CC(=O)N1CCCC1C. The van der Waals surface area contributed by atoms with E-state index in [1.807, 2.05) is 29.2 Å². The van der Waals surface area contributed by atoms with E-state index in [0.29, 0.717) is 12.5 Å².